The number of aromatic nitrogens is 1. The summed E-state index contributed by atoms with van der Waals surface area (Å²) in [6, 6.07) is 26.0. The van der Waals surface area contributed by atoms with E-state index in [0.717, 1.165) is 11.2 Å². The summed E-state index contributed by atoms with van der Waals surface area (Å²) in [7, 11) is 0. The van der Waals surface area contributed by atoms with Gasteiger partial charge in [-0.05, 0) is 59.0 Å². The largest absolute Gasteiger partial charge is 0.456 e. The smallest absolute Gasteiger partial charge is 0.136 e. The summed E-state index contributed by atoms with van der Waals surface area (Å²) in [4.78, 5) is 0. The van der Waals surface area contributed by atoms with Crippen molar-refractivity contribution in [1.82, 2.24) is 4.40 Å². The molecule has 0 saturated heterocycles. The number of fused-ring (bicyclic) bond motifs is 10. The van der Waals surface area contributed by atoms with E-state index in [0.29, 0.717) is 0 Å². The number of halogens is 1. The topological polar surface area (TPSA) is 17.6 Å². The van der Waals surface area contributed by atoms with Crippen LogP contribution in [0.1, 0.15) is 0 Å². The molecule has 0 spiro atoms. The van der Waals surface area contributed by atoms with Gasteiger partial charge in [0.25, 0.3) is 0 Å². The predicted octanol–water partition coefficient (Wildman–Crippen LogP) is 7.34. The van der Waals surface area contributed by atoms with Crippen LogP contribution >= 0.6 is 22.6 Å². The SMILES string of the molecule is Ic1ccc2c(c1)c1cccc3c4c5c(ccc4n2c13)oc1ccccc15. The maximum absolute atomic E-state index is 6.14. The Hall–Kier alpha value is -2.79. The molecule has 0 saturated carbocycles. The van der Waals surface area contributed by atoms with Gasteiger partial charge < -0.3 is 8.82 Å². The predicted molar refractivity (Wildman–Crippen MR) is 121 cm³/mol. The van der Waals surface area contributed by atoms with Crippen molar-refractivity contribution in [2.24, 2.45) is 0 Å². The summed E-state index contributed by atoms with van der Waals surface area (Å²) in [6.45, 7) is 0. The molecule has 0 fully saturated rings. The van der Waals surface area contributed by atoms with Crippen molar-refractivity contribution >= 4 is 82.6 Å². The zero-order chi connectivity index (χ0) is 17.7. The molecule has 0 unspecified atom stereocenters. The molecule has 0 aliphatic rings. The van der Waals surface area contributed by atoms with Crippen LogP contribution in [-0.4, -0.2) is 4.40 Å². The summed E-state index contributed by atoms with van der Waals surface area (Å²) in [5, 5.41) is 7.63. The van der Waals surface area contributed by atoms with Crippen LogP contribution in [0, 0.1) is 3.57 Å². The van der Waals surface area contributed by atoms with Crippen molar-refractivity contribution in [2.45, 2.75) is 0 Å². The summed E-state index contributed by atoms with van der Waals surface area (Å²) in [5.41, 5.74) is 5.73. The molecule has 0 atom stereocenters. The van der Waals surface area contributed by atoms with Gasteiger partial charge in [0.1, 0.15) is 11.2 Å². The molecule has 4 aromatic carbocycles. The fourth-order valence-electron chi connectivity index (χ4n) is 4.76. The second-order valence-corrected chi connectivity index (χ2v) is 8.38. The summed E-state index contributed by atoms with van der Waals surface area (Å²) in [6.07, 6.45) is 0. The van der Waals surface area contributed by atoms with Crippen molar-refractivity contribution in [2.75, 3.05) is 0 Å². The van der Waals surface area contributed by atoms with Crippen molar-refractivity contribution in [3.63, 3.8) is 0 Å². The molecule has 3 heterocycles. The van der Waals surface area contributed by atoms with Crippen LogP contribution in [0.25, 0.3) is 60.0 Å². The Balaban J connectivity index is 1.88. The van der Waals surface area contributed by atoms with E-state index in [2.05, 4.69) is 93.7 Å². The second-order valence-electron chi connectivity index (χ2n) is 7.13. The molecule has 27 heavy (non-hydrogen) atoms. The Bertz CT molecular complexity index is 1690. The molecule has 0 aliphatic carbocycles. The number of para-hydroxylation sites is 2. The first kappa shape index (κ1) is 14.3. The van der Waals surface area contributed by atoms with Crippen LogP contribution in [0.15, 0.2) is 77.2 Å². The Morgan fingerprint density at radius 2 is 1.44 bits per heavy atom. The van der Waals surface area contributed by atoms with Gasteiger partial charge in [-0.25, -0.2) is 0 Å². The molecule has 0 bridgehead atoms. The molecule has 3 aromatic heterocycles. The van der Waals surface area contributed by atoms with Gasteiger partial charge in [-0.2, -0.15) is 0 Å². The molecule has 0 N–H and O–H groups in total. The van der Waals surface area contributed by atoms with Crippen LogP contribution in [0.5, 0.6) is 0 Å². The van der Waals surface area contributed by atoms with E-state index in [-0.39, 0.29) is 0 Å². The Morgan fingerprint density at radius 1 is 0.630 bits per heavy atom. The van der Waals surface area contributed by atoms with Gasteiger partial charge in [0.05, 0.1) is 16.6 Å². The fourth-order valence-corrected chi connectivity index (χ4v) is 5.25. The first-order chi connectivity index (χ1) is 13.3. The highest BCUT2D eigenvalue weighted by Gasteiger charge is 2.20. The highest BCUT2D eigenvalue weighted by molar-refractivity contribution is 14.1. The fraction of sp³-hybridized carbons (Fsp3) is 0. The van der Waals surface area contributed by atoms with E-state index < -0.39 is 0 Å². The molecule has 0 aliphatic heterocycles. The summed E-state index contributed by atoms with van der Waals surface area (Å²) in [5.74, 6) is 0. The van der Waals surface area contributed by atoms with Crippen molar-refractivity contribution < 1.29 is 4.42 Å². The average molecular weight is 457 g/mol. The molecule has 126 valence electrons. The normalized spacial score (nSPS) is 12.6. The molecule has 2 nitrogen and oxygen atoms in total. The van der Waals surface area contributed by atoms with Crippen LogP contribution in [0.3, 0.4) is 0 Å². The molecule has 3 heteroatoms. The van der Waals surface area contributed by atoms with Gasteiger partial charge in [0.15, 0.2) is 0 Å². The van der Waals surface area contributed by atoms with E-state index >= 15 is 0 Å². The number of benzene rings is 4. The highest BCUT2D eigenvalue weighted by atomic mass is 127. The van der Waals surface area contributed by atoms with Crippen molar-refractivity contribution in [3.05, 3.63) is 76.4 Å². The van der Waals surface area contributed by atoms with Crippen molar-refractivity contribution in [3.8, 4) is 0 Å². The number of nitrogens with zero attached hydrogens (tertiary/aromatic N) is 1. The lowest BCUT2D eigenvalue weighted by Crippen LogP contribution is -1.81. The number of rotatable bonds is 0. The lowest BCUT2D eigenvalue weighted by molar-refractivity contribution is 0.669. The molecule has 0 radical (unpaired) electrons. The number of hydrogen-bond donors (Lipinski definition) is 0. The Kier molecular flexibility index (Phi) is 2.50. The number of hydrogen-bond acceptors (Lipinski definition) is 1. The van der Waals surface area contributed by atoms with Gasteiger partial charge in [0, 0.05) is 35.9 Å². The minimum absolute atomic E-state index is 0.948. The first-order valence-electron chi connectivity index (χ1n) is 8.99. The van der Waals surface area contributed by atoms with Crippen LogP contribution in [-0.2, 0) is 0 Å². The minimum atomic E-state index is 0.948. The van der Waals surface area contributed by atoms with E-state index in [4.69, 9.17) is 4.42 Å². The molecule has 7 rings (SSSR count). The molecule has 7 aromatic rings. The van der Waals surface area contributed by atoms with E-state index in [1.807, 2.05) is 6.07 Å². The maximum atomic E-state index is 6.14. The first-order valence-corrected chi connectivity index (χ1v) is 10.1. The van der Waals surface area contributed by atoms with E-state index in [1.54, 1.807) is 0 Å². The number of furan rings is 1. The Labute approximate surface area is 167 Å². The lowest BCUT2D eigenvalue weighted by Gasteiger charge is -1.99. The quantitative estimate of drug-likeness (QED) is 0.218. The zero-order valence-corrected chi connectivity index (χ0v) is 16.3. The average Bonchev–Trinajstić information content (AvgIpc) is 3.33. The lowest BCUT2D eigenvalue weighted by atomic mass is 10.0. The van der Waals surface area contributed by atoms with Crippen LogP contribution in [0.4, 0.5) is 0 Å². The third-order valence-electron chi connectivity index (χ3n) is 5.78. The van der Waals surface area contributed by atoms with Crippen molar-refractivity contribution in [1.29, 1.82) is 0 Å². The van der Waals surface area contributed by atoms with Gasteiger partial charge in [-0.1, -0.05) is 36.4 Å². The highest BCUT2D eigenvalue weighted by Crippen LogP contribution is 2.44. The third-order valence-corrected chi connectivity index (χ3v) is 6.45. The third kappa shape index (κ3) is 1.62. The molecular weight excluding hydrogens is 445 g/mol. The van der Waals surface area contributed by atoms with Gasteiger partial charge in [0.2, 0.25) is 0 Å². The zero-order valence-electron chi connectivity index (χ0n) is 14.2. The van der Waals surface area contributed by atoms with Crippen LogP contribution in [0.2, 0.25) is 0 Å². The second kappa shape index (κ2) is 4.73. The Morgan fingerprint density at radius 3 is 2.41 bits per heavy atom. The summed E-state index contributed by atoms with van der Waals surface area (Å²) >= 11 is 2.39. The van der Waals surface area contributed by atoms with Crippen LogP contribution < -0.4 is 0 Å². The standard InChI is InChI=1S/C24H12INO/c25-13-8-9-18-17(12-13)14-5-3-6-16-22-19(26(18)24(14)16)10-11-21-23(22)15-4-1-2-7-20(15)27-21/h1-12H. The summed E-state index contributed by atoms with van der Waals surface area (Å²) < 4.78 is 9.83. The van der Waals surface area contributed by atoms with E-state index in [1.165, 1.54) is 52.4 Å². The molecule has 0 amide bonds. The van der Waals surface area contributed by atoms with Gasteiger partial charge in [-0.15, -0.1) is 0 Å². The monoisotopic (exact) mass is 457 g/mol. The van der Waals surface area contributed by atoms with Gasteiger partial charge in [-0.3, -0.25) is 0 Å². The van der Waals surface area contributed by atoms with Gasteiger partial charge >= 0.3 is 0 Å². The maximum Gasteiger partial charge on any atom is 0.136 e. The minimum Gasteiger partial charge on any atom is -0.456 e. The molecular formula is C24H12INO. The van der Waals surface area contributed by atoms with E-state index in [9.17, 15) is 0 Å².